The SMILES string of the molecule is Cc1nc(-c2ccc(N3CCOCC3)cc2)cc2nccnc12. The second kappa shape index (κ2) is 5.93. The molecule has 0 spiro atoms. The van der Waals surface area contributed by atoms with Gasteiger partial charge in [0.2, 0.25) is 0 Å². The first kappa shape index (κ1) is 14.1. The van der Waals surface area contributed by atoms with Crippen molar-refractivity contribution in [3.63, 3.8) is 0 Å². The zero-order valence-electron chi connectivity index (χ0n) is 13.1. The van der Waals surface area contributed by atoms with Gasteiger partial charge in [-0.3, -0.25) is 15.0 Å². The lowest BCUT2D eigenvalue weighted by Gasteiger charge is -2.28. The summed E-state index contributed by atoms with van der Waals surface area (Å²) >= 11 is 0. The van der Waals surface area contributed by atoms with E-state index in [1.54, 1.807) is 12.4 Å². The van der Waals surface area contributed by atoms with Crippen LogP contribution in [0.5, 0.6) is 0 Å². The van der Waals surface area contributed by atoms with Gasteiger partial charge in [0, 0.05) is 36.7 Å². The average Bonchev–Trinajstić information content (AvgIpc) is 2.63. The van der Waals surface area contributed by atoms with Crippen LogP contribution in [-0.4, -0.2) is 41.3 Å². The van der Waals surface area contributed by atoms with Crippen molar-refractivity contribution in [2.45, 2.75) is 6.92 Å². The summed E-state index contributed by atoms with van der Waals surface area (Å²) in [6.45, 7) is 5.46. The van der Waals surface area contributed by atoms with Gasteiger partial charge in [-0.25, -0.2) is 0 Å². The van der Waals surface area contributed by atoms with Crippen LogP contribution in [0.4, 0.5) is 5.69 Å². The first-order valence-electron chi connectivity index (χ1n) is 7.83. The highest BCUT2D eigenvalue weighted by atomic mass is 16.5. The van der Waals surface area contributed by atoms with Gasteiger partial charge in [-0.05, 0) is 25.1 Å². The van der Waals surface area contributed by atoms with Crippen molar-refractivity contribution in [1.82, 2.24) is 15.0 Å². The Morgan fingerprint density at radius 1 is 1.00 bits per heavy atom. The number of ether oxygens (including phenoxy) is 1. The maximum absolute atomic E-state index is 5.40. The molecule has 0 unspecified atom stereocenters. The van der Waals surface area contributed by atoms with Gasteiger partial charge < -0.3 is 9.64 Å². The van der Waals surface area contributed by atoms with E-state index in [1.807, 2.05) is 13.0 Å². The first-order valence-corrected chi connectivity index (χ1v) is 7.83. The number of benzene rings is 1. The van der Waals surface area contributed by atoms with Crippen LogP contribution in [0.3, 0.4) is 0 Å². The Morgan fingerprint density at radius 2 is 1.74 bits per heavy atom. The summed E-state index contributed by atoms with van der Waals surface area (Å²) < 4.78 is 5.40. The molecule has 1 aliphatic rings. The van der Waals surface area contributed by atoms with Gasteiger partial charge in [0.05, 0.1) is 30.1 Å². The predicted octanol–water partition coefficient (Wildman–Crippen LogP) is 2.84. The zero-order valence-corrected chi connectivity index (χ0v) is 13.1. The predicted molar refractivity (Wildman–Crippen MR) is 90.5 cm³/mol. The molecule has 0 radical (unpaired) electrons. The van der Waals surface area contributed by atoms with Crippen molar-refractivity contribution in [2.75, 3.05) is 31.2 Å². The van der Waals surface area contributed by atoms with Crippen LogP contribution >= 0.6 is 0 Å². The smallest absolute Gasteiger partial charge is 0.110 e. The Kier molecular flexibility index (Phi) is 3.63. The number of rotatable bonds is 2. The minimum Gasteiger partial charge on any atom is -0.378 e. The third-order valence-electron chi connectivity index (χ3n) is 4.17. The molecule has 5 nitrogen and oxygen atoms in total. The van der Waals surface area contributed by atoms with E-state index in [-0.39, 0.29) is 0 Å². The summed E-state index contributed by atoms with van der Waals surface area (Å²) in [4.78, 5) is 15.8. The van der Waals surface area contributed by atoms with Crippen molar-refractivity contribution in [3.05, 3.63) is 48.4 Å². The Labute approximate surface area is 135 Å². The number of aryl methyl sites for hydroxylation is 1. The molecule has 0 aliphatic carbocycles. The number of anilines is 1. The molecular formula is C18H18N4O. The van der Waals surface area contributed by atoms with Crippen LogP contribution in [0, 0.1) is 6.92 Å². The first-order chi connectivity index (χ1) is 11.3. The molecule has 0 N–H and O–H groups in total. The van der Waals surface area contributed by atoms with E-state index < -0.39 is 0 Å². The molecule has 3 aromatic rings. The Morgan fingerprint density at radius 3 is 2.52 bits per heavy atom. The van der Waals surface area contributed by atoms with Crippen LogP contribution in [0.2, 0.25) is 0 Å². The van der Waals surface area contributed by atoms with Crippen molar-refractivity contribution in [1.29, 1.82) is 0 Å². The molecule has 4 rings (SSSR count). The molecule has 0 atom stereocenters. The summed E-state index contributed by atoms with van der Waals surface area (Å²) in [7, 11) is 0. The normalized spacial score (nSPS) is 15.1. The van der Waals surface area contributed by atoms with Gasteiger partial charge in [-0.2, -0.15) is 0 Å². The molecule has 5 heteroatoms. The Hall–Kier alpha value is -2.53. The average molecular weight is 306 g/mol. The topological polar surface area (TPSA) is 51.1 Å². The van der Waals surface area contributed by atoms with E-state index >= 15 is 0 Å². The summed E-state index contributed by atoms with van der Waals surface area (Å²) in [6.07, 6.45) is 3.42. The molecule has 1 saturated heterocycles. The number of aromatic nitrogens is 3. The van der Waals surface area contributed by atoms with E-state index in [2.05, 4.69) is 44.1 Å². The molecule has 0 amide bonds. The number of fused-ring (bicyclic) bond motifs is 1. The summed E-state index contributed by atoms with van der Waals surface area (Å²) in [5, 5.41) is 0. The largest absolute Gasteiger partial charge is 0.378 e. The van der Waals surface area contributed by atoms with Gasteiger partial charge >= 0.3 is 0 Å². The standard InChI is InChI=1S/C18H18N4O/c1-13-18-17(19-6-7-20-18)12-16(21-13)14-2-4-15(5-3-14)22-8-10-23-11-9-22/h2-7,12H,8-11H2,1H3. The van der Waals surface area contributed by atoms with Crippen LogP contribution < -0.4 is 4.90 Å². The monoisotopic (exact) mass is 306 g/mol. The molecule has 1 aromatic carbocycles. The third kappa shape index (κ3) is 2.75. The van der Waals surface area contributed by atoms with Gasteiger partial charge in [0.1, 0.15) is 5.52 Å². The number of pyridine rings is 1. The summed E-state index contributed by atoms with van der Waals surface area (Å²) in [5.74, 6) is 0. The quantitative estimate of drug-likeness (QED) is 0.728. The fraction of sp³-hybridized carbons (Fsp3) is 0.278. The molecule has 23 heavy (non-hydrogen) atoms. The number of hydrogen-bond acceptors (Lipinski definition) is 5. The molecule has 3 heterocycles. The van der Waals surface area contributed by atoms with Crippen molar-refractivity contribution >= 4 is 16.7 Å². The van der Waals surface area contributed by atoms with Crippen LogP contribution in [0.1, 0.15) is 5.69 Å². The van der Waals surface area contributed by atoms with Crippen LogP contribution in [0.15, 0.2) is 42.7 Å². The molecular weight excluding hydrogens is 288 g/mol. The van der Waals surface area contributed by atoms with E-state index in [9.17, 15) is 0 Å². The molecule has 1 fully saturated rings. The second-order valence-corrected chi connectivity index (χ2v) is 5.66. The molecule has 2 aromatic heterocycles. The minimum atomic E-state index is 0.797. The molecule has 116 valence electrons. The van der Waals surface area contributed by atoms with Gasteiger partial charge in [-0.1, -0.05) is 12.1 Å². The number of nitrogens with zero attached hydrogens (tertiary/aromatic N) is 4. The van der Waals surface area contributed by atoms with Crippen LogP contribution in [0.25, 0.3) is 22.3 Å². The highest BCUT2D eigenvalue weighted by molar-refractivity contribution is 5.81. The maximum atomic E-state index is 5.40. The van der Waals surface area contributed by atoms with Crippen LogP contribution in [-0.2, 0) is 4.74 Å². The minimum absolute atomic E-state index is 0.797. The lowest BCUT2D eigenvalue weighted by Crippen LogP contribution is -2.36. The van der Waals surface area contributed by atoms with E-state index in [0.29, 0.717) is 0 Å². The fourth-order valence-electron chi connectivity index (χ4n) is 2.94. The van der Waals surface area contributed by atoms with Crippen molar-refractivity contribution in [2.24, 2.45) is 0 Å². The summed E-state index contributed by atoms with van der Waals surface area (Å²) in [6, 6.07) is 10.5. The lowest BCUT2D eigenvalue weighted by atomic mass is 10.1. The van der Waals surface area contributed by atoms with E-state index in [4.69, 9.17) is 4.74 Å². The van der Waals surface area contributed by atoms with Gasteiger partial charge in [0.25, 0.3) is 0 Å². The third-order valence-corrected chi connectivity index (χ3v) is 4.17. The Balaban J connectivity index is 1.67. The molecule has 0 bridgehead atoms. The Bertz CT molecular complexity index is 826. The second-order valence-electron chi connectivity index (χ2n) is 5.66. The molecule has 0 saturated carbocycles. The fourth-order valence-corrected chi connectivity index (χ4v) is 2.94. The van der Waals surface area contributed by atoms with Crippen molar-refractivity contribution in [3.8, 4) is 11.3 Å². The number of morpholine rings is 1. The zero-order chi connectivity index (χ0) is 15.6. The molecule has 1 aliphatic heterocycles. The van der Waals surface area contributed by atoms with Crippen molar-refractivity contribution < 1.29 is 4.74 Å². The lowest BCUT2D eigenvalue weighted by molar-refractivity contribution is 0.122. The number of hydrogen-bond donors (Lipinski definition) is 0. The highest BCUT2D eigenvalue weighted by Gasteiger charge is 2.12. The summed E-state index contributed by atoms with van der Waals surface area (Å²) in [5.41, 5.74) is 5.91. The van der Waals surface area contributed by atoms with Gasteiger partial charge in [-0.15, -0.1) is 0 Å². The van der Waals surface area contributed by atoms with Gasteiger partial charge in [0.15, 0.2) is 0 Å². The maximum Gasteiger partial charge on any atom is 0.110 e. The van der Waals surface area contributed by atoms with E-state index in [1.165, 1.54) is 5.69 Å². The highest BCUT2D eigenvalue weighted by Crippen LogP contribution is 2.25. The van der Waals surface area contributed by atoms with E-state index in [0.717, 1.165) is 54.3 Å².